The molecule has 0 amide bonds. The molecule has 2 aliphatic heterocycles. The van der Waals surface area contributed by atoms with Gasteiger partial charge in [0.2, 0.25) is 0 Å². The van der Waals surface area contributed by atoms with Crippen molar-refractivity contribution in [2.24, 2.45) is 11.5 Å². The van der Waals surface area contributed by atoms with Crippen LogP contribution in [0.5, 0.6) is 0 Å². The molecular weight excluding hydrogens is 306 g/mol. The third kappa shape index (κ3) is 2.76. The molecule has 0 aliphatic carbocycles. The van der Waals surface area contributed by atoms with Gasteiger partial charge in [-0.3, -0.25) is 9.88 Å². The molecule has 22 heavy (non-hydrogen) atoms. The molecule has 2 aliphatic rings. The van der Waals surface area contributed by atoms with E-state index in [1.54, 1.807) is 12.4 Å². The van der Waals surface area contributed by atoms with Crippen LogP contribution in [0.3, 0.4) is 0 Å². The zero-order valence-corrected chi connectivity index (χ0v) is 12.8. The highest BCUT2D eigenvalue weighted by Crippen LogP contribution is 2.41. The molecule has 1 fully saturated rings. The molecule has 0 aromatic carbocycles. The monoisotopic (exact) mass is 324 g/mol. The number of fused-ring (bicyclic) bond motifs is 2. The molecule has 7 heteroatoms. The van der Waals surface area contributed by atoms with Gasteiger partial charge in [-0.1, -0.05) is 24.4 Å². The molecule has 1 aromatic heterocycles. The second kappa shape index (κ2) is 5.64. The Morgan fingerprint density at radius 1 is 1.36 bits per heavy atom. The highest BCUT2D eigenvalue weighted by molar-refractivity contribution is 7.80. The van der Waals surface area contributed by atoms with Gasteiger partial charge in [-0.05, 0) is 24.5 Å². The van der Waals surface area contributed by atoms with Crippen LogP contribution in [0.2, 0.25) is 0 Å². The summed E-state index contributed by atoms with van der Waals surface area (Å²) in [6, 6.07) is 1.73. The van der Waals surface area contributed by atoms with Crippen LogP contribution in [-0.4, -0.2) is 39.9 Å². The Balaban J connectivity index is 1.85. The molecule has 1 aromatic rings. The number of aromatic nitrogens is 1. The van der Waals surface area contributed by atoms with Crippen molar-refractivity contribution < 1.29 is 8.78 Å². The molecule has 4 nitrogen and oxygen atoms in total. The first-order valence-electron chi connectivity index (χ1n) is 7.15. The van der Waals surface area contributed by atoms with Crippen LogP contribution in [0.1, 0.15) is 24.0 Å². The zero-order chi connectivity index (χ0) is 15.9. The second-order valence-electron chi connectivity index (χ2n) is 6.00. The molecule has 1 unspecified atom stereocenters. The Morgan fingerprint density at radius 2 is 2.00 bits per heavy atom. The van der Waals surface area contributed by atoms with E-state index < -0.39 is 12.0 Å². The van der Waals surface area contributed by atoms with E-state index in [4.69, 9.17) is 23.7 Å². The quantitative estimate of drug-likeness (QED) is 0.649. The molecule has 118 valence electrons. The Labute approximate surface area is 133 Å². The normalized spacial score (nSPS) is 30.9. The van der Waals surface area contributed by atoms with Crippen LogP contribution in [-0.2, 0) is 5.54 Å². The van der Waals surface area contributed by atoms with Crippen LogP contribution in [0.25, 0.3) is 0 Å². The first kappa shape index (κ1) is 15.5. The molecule has 0 spiro atoms. The first-order chi connectivity index (χ1) is 10.4. The second-order valence-corrected chi connectivity index (χ2v) is 6.44. The van der Waals surface area contributed by atoms with E-state index in [9.17, 15) is 8.78 Å². The van der Waals surface area contributed by atoms with Crippen molar-refractivity contribution in [1.29, 1.82) is 0 Å². The summed E-state index contributed by atoms with van der Waals surface area (Å²) in [4.78, 5) is 6.26. The number of piperidine rings is 1. The Kier molecular flexibility index (Phi) is 3.96. The molecule has 0 radical (unpaired) electrons. The highest BCUT2D eigenvalue weighted by Gasteiger charge is 2.45. The van der Waals surface area contributed by atoms with E-state index in [0.29, 0.717) is 18.4 Å². The number of nitrogens with two attached hydrogens (primary N) is 2. The van der Waals surface area contributed by atoms with Crippen molar-refractivity contribution >= 4 is 17.2 Å². The van der Waals surface area contributed by atoms with E-state index >= 15 is 0 Å². The van der Waals surface area contributed by atoms with Gasteiger partial charge in [0.05, 0.1) is 6.54 Å². The smallest absolute Gasteiger partial charge is 0.251 e. The Hall–Kier alpha value is -1.44. The van der Waals surface area contributed by atoms with Crippen LogP contribution in [0.4, 0.5) is 8.78 Å². The number of rotatable bonds is 4. The number of hydrogen-bond donors (Lipinski definition) is 2. The number of nitrogens with zero attached hydrogens (tertiary/aromatic N) is 2. The minimum absolute atomic E-state index is 0.0637. The van der Waals surface area contributed by atoms with Gasteiger partial charge in [-0.2, -0.15) is 0 Å². The summed E-state index contributed by atoms with van der Waals surface area (Å²) in [5.41, 5.74) is 13.2. The van der Waals surface area contributed by atoms with Crippen molar-refractivity contribution in [1.82, 2.24) is 9.88 Å². The van der Waals surface area contributed by atoms with Gasteiger partial charge in [0.25, 0.3) is 6.43 Å². The van der Waals surface area contributed by atoms with Crippen molar-refractivity contribution in [2.45, 2.75) is 36.9 Å². The van der Waals surface area contributed by atoms with E-state index in [1.165, 1.54) is 0 Å². The number of thiocarbonyl (C=S) groups is 1. The summed E-state index contributed by atoms with van der Waals surface area (Å²) in [5, 5.41) is 0. The standard InChI is InChI=1S/C15H18F2N4S/c16-13(17)8-21-11-1-2-12(21)5-15(19,4-11)10-3-9(14(18)22)6-20-7-10/h1-3,6-7,11-13H,4-5,8,19H2,(H2,18,22)/t11-,12+,15?. The molecule has 3 atom stereocenters. The average Bonchev–Trinajstić information content (AvgIpc) is 2.71. The Morgan fingerprint density at radius 3 is 2.55 bits per heavy atom. The maximum absolute atomic E-state index is 12.7. The van der Waals surface area contributed by atoms with E-state index in [2.05, 4.69) is 4.98 Å². The lowest BCUT2D eigenvalue weighted by molar-refractivity contribution is 0.0301. The van der Waals surface area contributed by atoms with E-state index in [0.717, 1.165) is 5.56 Å². The lowest BCUT2D eigenvalue weighted by atomic mass is 9.78. The molecule has 0 saturated carbocycles. The van der Waals surface area contributed by atoms with Gasteiger partial charge in [0.1, 0.15) is 4.99 Å². The van der Waals surface area contributed by atoms with Crippen molar-refractivity contribution in [3.63, 3.8) is 0 Å². The summed E-state index contributed by atoms with van der Waals surface area (Å²) in [6.45, 7) is -0.219. The maximum atomic E-state index is 12.7. The largest absolute Gasteiger partial charge is 0.389 e. The number of hydrogen-bond acceptors (Lipinski definition) is 4. The molecule has 3 rings (SSSR count). The van der Waals surface area contributed by atoms with Gasteiger partial charge in [0.15, 0.2) is 0 Å². The Bertz CT molecular complexity index is 603. The van der Waals surface area contributed by atoms with E-state index in [-0.39, 0.29) is 23.6 Å². The fourth-order valence-corrected chi connectivity index (χ4v) is 3.55. The third-order valence-electron chi connectivity index (χ3n) is 4.50. The fraction of sp³-hybridized carbons (Fsp3) is 0.467. The first-order valence-corrected chi connectivity index (χ1v) is 7.56. The summed E-state index contributed by atoms with van der Waals surface area (Å²) >= 11 is 4.98. The van der Waals surface area contributed by atoms with Crippen LogP contribution >= 0.6 is 12.2 Å². The lowest BCUT2D eigenvalue weighted by Crippen LogP contribution is -2.55. The van der Waals surface area contributed by atoms with Crippen molar-refractivity contribution in [2.75, 3.05) is 6.54 Å². The topological polar surface area (TPSA) is 68.2 Å². The van der Waals surface area contributed by atoms with Crippen LogP contribution in [0.15, 0.2) is 30.6 Å². The maximum Gasteiger partial charge on any atom is 0.251 e. The van der Waals surface area contributed by atoms with Gasteiger partial charge in [-0.25, -0.2) is 8.78 Å². The summed E-state index contributed by atoms with van der Waals surface area (Å²) < 4.78 is 25.4. The molecular formula is C15H18F2N4S. The van der Waals surface area contributed by atoms with Gasteiger partial charge >= 0.3 is 0 Å². The van der Waals surface area contributed by atoms with Crippen LogP contribution in [0, 0.1) is 0 Å². The predicted molar refractivity (Wildman–Crippen MR) is 84.6 cm³/mol. The molecule has 3 heterocycles. The van der Waals surface area contributed by atoms with Crippen molar-refractivity contribution in [3.8, 4) is 0 Å². The minimum atomic E-state index is -2.34. The molecule has 1 saturated heterocycles. The summed E-state index contributed by atoms with van der Waals surface area (Å²) in [6.07, 6.45) is 6.09. The lowest BCUT2D eigenvalue weighted by Gasteiger charge is -2.45. The predicted octanol–water partition coefficient (Wildman–Crippen LogP) is 1.54. The number of halogens is 2. The summed E-state index contributed by atoms with van der Waals surface area (Å²) in [5.74, 6) is 0. The fourth-order valence-electron chi connectivity index (χ4n) is 3.44. The summed E-state index contributed by atoms with van der Waals surface area (Å²) in [7, 11) is 0. The molecule has 4 N–H and O–H groups in total. The van der Waals surface area contributed by atoms with Crippen molar-refractivity contribution in [3.05, 3.63) is 41.7 Å². The zero-order valence-electron chi connectivity index (χ0n) is 12.0. The van der Waals surface area contributed by atoms with Gasteiger partial charge in [0, 0.05) is 35.6 Å². The number of alkyl halides is 2. The SMILES string of the molecule is NC(=S)c1cncc(C2(N)C[C@H]3C=C[C@@H](C2)N3CC(F)F)c1. The highest BCUT2D eigenvalue weighted by atomic mass is 32.1. The van der Waals surface area contributed by atoms with Gasteiger partial charge < -0.3 is 11.5 Å². The third-order valence-corrected chi connectivity index (χ3v) is 4.74. The van der Waals surface area contributed by atoms with Gasteiger partial charge in [-0.15, -0.1) is 0 Å². The molecule has 2 bridgehead atoms. The average molecular weight is 324 g/mol. The van der Waals surface area contributed by atoms with E-state index in [1.807, 2.05) is 23.1 Å². The van der Waals surface area contributed by atoms with Crippen LogP contribution < -0.4 is 11.5 Å². The minimum Gasteiger partial charge on any atom is -0.389 e. The number of pyridine rings is 1.